The molecule has 0 saturated heterocycles. The topological polar surface area (TPSA) is 66.5 Å². The number of aryl methyl sites for hydroxylation is 1. The number of rotatable bonds is 2. The molecular weight excluding hydrogens is 190 g/mol. The minimum atomic E-state index is 0.385. The van der Waals surface area contributed by atoms with Gasteiger partial charge in [-0.3, -0.25) is 4.68 Å². The van der Waals surface area contributed by atoms with Crippen LogP contribution in [0.25, 0.3) is 0 Å². The summed E-state index contributed by atoms with van der Waals surface area (Å²) in [6.45, 7) is 0. The first kappa shape index (κ1) is 9.21. The van der Waals surface area contributed by atoms with E-state index in [4.69, 9.17) is 5.26 Å². The van der Waals surface area contributed by atoms with E-state index in [0.717, 1.165) is 0 Å². The van der Waals surface area contributed by atoms with Gasteiger partial charge in [-0.25, -0.2) is 4.98 Å². The maximum absolute atomic E-state index is 8.67. The molecule has 0 aliphatic rings. The van der Waals surface area contributed by atoms with Crippen molar-refractivity contribution in [3.63, 3.8) is 0 Å². The van der Waals surface area contributed by atoms with Crippen molar-refractivity contribution >= 4 is 11.6 Å². The van der Waals surface area contributed by atoms with E-state index >= 15 is 0 Å². The summed E-state index contributed by atoms with van der Waals surface area (Å²) < 4.78 is 1.69. The Hall–Kier alpha value is -2.35. The predicted molar refractivity (Wildman–Crippen MR) is 55.4 cm³/mol. The molecule has 15 heavy (non-hydrogen) atoms. The number of hydrogen-bond acceptors (Lipinski definition) is 4. The quantitative estimate of drug-likeness (QED) is 0.794. The molecule has 2 aromatic rings. The molecule has 0 aliphatic carbocycles. The number of hydrogen-bond donors (Lipinski definition) is 1. The smallest absolute Gasteiger partial charge is 0.153 e. The van der Waals surface area contributed by atoms with E-state index in [-0.39, 0.29) is 0 Å². The minimum absolute atomic E-state index is 0.385. The number of anilines is 2. The molecule has 0 atom stereocenters. The molecule has 0 bridgehead atoms. The molecule has 0 fully saturated rings. The fourth-order valence-electron chi connectivity index (χ4n) is 1.18. The Morgan fingerprint density at radius 2 is 2.20 bits per heavy atom. The summed E-state index contributed by atoms with van der Waals surface area (Å²) in [6, 6.07) is 9.03. The second-order valence-electron chi connectivity index (χ2n) is 3.02. The zero-order valence-corrected chi connectivity index (χ0v) is 8.18. The van der Waals surface area contributed by atoms with Crippen LogP contribution in [-0.4, -0.2) is 14.8 Å². The van der Waals surface area contributed by atoms with Crippen molar-refractivity contribution in [1.29, 1.82) is 5.26 Å². The van der Waals surface area contributed by atoms with E-state index in [9.17, 15) is 0 Å². The average molecular weight is 199 g/mol. The van der Waals surface area contributed by atoms with Crippen molar-refractivity contribution in [1.82, 2.24) is 14.8 Å². The lowest BCUT2D eigenvalue weighted by Crippen LogP contribution is -1.96. The summed E-state index contributed by atoms with van der Waals surface area (Å²) in [6.07, 6.45) is 1.83. The van der Waals surface area contributed by atoms with Gasteiger partial charge >= 0.3 is 0 Å². The maximum atomic E-state index is 8.67. The van der Waals surface area contributed by atoms with Crippen molar-refractivity contribution in [2.45, 2.75) is 0 Å². The molecule has 0 amide bonds. The van der Waals surface area contributed by atoms with Crippen LogP contribution in [0.2, 0.25) is 0 Å². The predicted octanol–water partition coefficient (Wildman–Crippen LogP) is 1.43. The summed E-state index contributed by atoms with van der Waals surface area (Å²) in [5.41, 5.74) is 0.385. The molecule has 1 N–H and O–H groups in total. The van der Waals surface area contributed by atoms with Crippen LogP contribution < -0.4 is 5.32 Å². The zero-order valence-electron chi connectivity index (χ0n) is 8.18. The average Bonchev–Trinajstić information content (AvgIpc) is 2.64. The first-order chi connectivity index (χ1) is 7.28. The van der Waals surface area contributed by atoms with Crippen molar-refractivity contribution < 1.29 is 0 Å². The highest BCUT2D eigenvalue weighted by Crippen LogP contribution is 2.11. The largest absolute Gasteiger partial charge is 0.323 e. The first-order valence-electron chi connectivity index (χ1n) is 4.42. The third-order valence-electron chi connectivity index (χ3n) is 1.83. The highest BCUT2D eigenvalue weighted by Gasteiger charge is 1.99. The van der Waals surface area contributed by atoms with Crippen LogP contribution in [0.15, 0.2) is 30.5 Å². The van der Waals surface area contributed by atoms with Crippen LogP contribution in [0, 0.1) is 11.3 Å². The molecular formula is C10H9N5. The number of nitriles is 1. The molecule has 0 aliphatic heterocycles. The Kier molecular flexibility index (Phi) is 2.33. The standard InChI is InChI=1S/C10H9N5/c1-15-6-5-10(14-15)13-9-4-2-3-8(7-11)12-9/h2-6H,1H3,(H,12,13,14). The molecule has 74 valence electrons. The summed E-state index contributed by atoms with van der Waals surface area (Å²) in [7, 11) is 1.84. The fourth-order valence-corrected chi connectivity index (χ4v) is 1.18. The summed E-state index contributed by atoms with van der Waals surface area (Å²) in [4.78, 5) is 4.07. The van der Waals surface area contributed by atoms with Gasteiger partial charge in [-0.1, -0.05) is 6.07 Å². The number of aromatic nitrogens is 3. The lowest BCUT2D eigenvalue weighted by molar-refractivity contribution is 0.771. The van der Waals surface area contributed by atoms with E-state index in [1.54, 1.807) is 22.9 Å². The third kappa shape index (κ3) is 2.11. The Morgan fingerprint density at radius 1 is 1.33 bits per heavy atom. The third-order valence-corrected chi connectivity index (χ3v) is 1.83. The number of nitrogens with zero attached hydrogens (tertiary/aromatic N) is 4. The van der Waals surface area contributed by atoms with Crippen LogP contribution in [0.4, 0.5) is 11.6 Å². The van der Waals surface area contributed by atoms with Gasteiger partial charge in [-0.05, 0) is 12.1 Å². The van der Waals surface area contributed by atoms with Crippen LogP contribution in [0.3, 0.4) is 0 Å². The van der Waals surface area contributed by atoms with Crippen LogP contribution >= 0.6 is 0 Å². The summed E-state index contributed by atoms with van der Waals surface area (Å²) in [5.74, 6) is 1.33. The summed E-state index contributed by atoms with van der Waals surface area (Å²) >= 11 is 0. The van der Waals surface area contributed by atoms with Gasteiger partial charge in [0.2, 0.25) is 0 Å². The Balaban J connectivity index is 2.21. The monoisotopic (exact) mass is 199 g/mol. The molecule has 0 radical (unpaired) electrons. The van der Waals surface area contributed by atoms with E-state index < -0.39 is 0 Å². The van der Waals surface area contributed by atoms with Gasteiger partial charge in [0.15, 0.2) is 5.82 Å². The van der Waals surface area contributed by atoms with Crippen LogP contribution in [-0.2, 0) is 7.05 Å². The van der Waals surface area contributed by atoms with E-state index in [2.05, 4.69) is 15.4 Å². The molecule has 0 spiro atoms. The maximum Gasteiger partial charge on any atom is 0.153 e. The molecule has 5 heteroatoms. The molecule has 0 saturated carbocycles. The van der Waals surface area contributed by atoms with Crippen molar-refractivity contribution in [2.24, 2.45) is 7.05 Å². The van der Waals surface area contributed by atoms with Gasteiger partial charge in [0, 0.05) is 19.3 Å². The molecule has 0 unspecified atom stereocenters. The SMILES string of the molecule is Cn1ccc(Nc2cccc(C#N)n2)n1. The van der Waals surface area contributed by atoms with Gasteiger partial charge in [0.05, 0.1) is 0 Å². The molecule has 2 heterocycles. The number of pyridine rings is 1. The fraction of sp³-hybridized carbons (Fsp3) is 0.100. The lowest BCUT2D eigenvalue weighted by atomic mass is 10.3. The second kappa shape index (κ2) is 3.80. The van der Waals surface area contributed by atoms with Crippen LogP contribution in [0.1, 0.15) is 5.69 Å². The zero-order chi connectivity index (χ0) is 10.7. The van der Waals surface area contributed by atoms with Crippen LogP contribution in [0.5, 0.6) is 0 Å². The Bertz CT molecular complexity index is 509. The molecule has 0 aromatic carbocycles. The van der Waals surface area contributed by atoms with Crippen molar-refractivity contribution in [3.05, 3.63) is 36.2 Å². The molecule has 2 aromatic heterocycles. The molecule has 2 rings (SSSR count). The van der Waals surface area contributed by atoms with Crippen molar-refractivity contribution in [2.75, 3.05) is 5.32 Å². The van der Waals surface area contributed by atoms with E-state index in [1.165, 1.54) is 0 Å². The van der Waals surface area contributed by atoms with Crippen molar-refractivity contribution in [3.8, 4) is 6.07 Å². The van der Waals surface area contributed by atoms with E-state index in [1.807, 2.05) is 25.4 Å². The highest BCUT2D eigenvalue weighted by atomic mass is 15.3. The first-order valence-corrected chi connectivity index (χ1v) is 4.42. The lowest BCUT2D eigenvalue weighted by Gasteiger charge is -2.00. The Morgan fingerprint density at radius 3 is 2.87 bits per heavy atom. The second-order valence-corrected chi connectivity index (χ2v) is 3.02. The summed E-state index contributed by atoms with van der Waals surface area (Å²) in [5, 5.41) is 15.8. The van der Waals surface area contributed by atoms with Gasteiger partial charge in [0.1, 0.15) is 17.6 Å². The molecule has 5 nitrogen and oxygen atoms in total. The normalized spacial score (nSPS) is 9.60. The van der Waals surface area contributed by atoms with Gasteiger partial charge in [-0.2, -0.15) is 10.4 Å². The van der Waals surface area contributed by atoms with E-state index in [0.29, 0.717) is 17.3 Å². The minimum Gasteiger partial charge on any atom is -0.323 e. The number of nitrogens with one attached hydrogen (secondary N) is 1. The van der Waals surface area contributed by atoms with Gasteiger partial charge in [0.25, 0.3) is 0 Å². The van der Waals surface area contributed by atoms with Gasteiger partial charge < -0.3 is 5.32 Å². The highest BCUT2D eigenvalue weighted by molar-refractivity contribution is 5.51. The Labute approximate surface area is 87.0 Å². The van der Waals surface area contributed by atoms with Gasteiger partial charge in [-0.15, -0.1) is 0 Å².